The first-order chi connectivity index (χ1) is 15.0. The van der Waals surface area contributed by atoms with E-state index >= 15 is 0 Å². The zero-order chi connectivity index (χ0) is 23.4. The molecule has 1 heterocycles. The molecule has 3 atom stereocenters. The summed E-state index contributed by atoms with van der Waals surface area (Å²) in [6.45, 7) is 16.6. The van der Waals surface area contributed by atoms with Crippen LogP contribution in [-0.4, -0.2) is 32.9 Å². The number of benzene rings is 2. The van der Waals surface area contributed by atoms with Crippen molar-refractivity contribution < 1.29 is 18.6 Å². The summed E-state index contributed by atoms with van der Waals surface area (Å²) in [7, 11) is -2.04. The number of hydrogen-bond donors (Lipinski definition) is 0. The lowest BCUT2D eigenvalue weighted by Crippen LogP contribution is -2.45. The van der Waals surface area contributed by atoms with Gasteiger partial charge in [-0.15, -0.1) is 0 Å². The van der Waals surface area contributed by atoms with Gasteiger partial charge in [0.15, 0.2) is 14.1 Å². The fourth-order valence-electron chi connectivity index (χ4n) is 3.77. The summed E-state index contributed by atoms with van der Waals surface area (Å²) >= 11 is 0. The Morgan fingerprint density at radius 3 is 2.12 bits per heavy atom. The molecule has 0 unspecified atom stereocenters. The van der Waals surface area contributed by atoms with Crippen molar-refractivity contribution in [2.75, 3.05) is 6.61 Å². The molecule has 0 spiro atoms. The molecule has 176 valence electrons. The standard InChI is InChI=1S/C27H40O4Si/c1-26(2,3)32(6,7)31-24(22-16-12-9-13-17-22)25-23(29-27(4,5)30-25)18-19-28-20-21-14-10-8-11-15-21/h8-17,23-25H,18-20H2,1-7H3/t23-,24+,25-/m0/s1. The number of ether oxygens (including phenoxy) is 3. The Hall–Kier alpha value is -1.50. The molecule has 0 N–H and O–H groups in total. The van der Waals surface area contributed by atoms with Gasteiger partial charge >= 0.3 is 0 Å². The van der Waals surface area contributed by atoms with Gasteiger partial charge in [-0.05, 0) is 49.5 Å². The van der Waals surface area contributed by atoms with Crippen molar-refractivity contribution in [2.45, 2.75) is 89.9 Å². The summed E-state index contributed by atoms with van der Waals surface area (Å²) in [4.78, 5) is 0. The third kappa shape index (κ3) is 6.52. The minimum Gasteiger partial charge on any atom is -0.407 e. The summed E-state index contributed by atoms with van der Waals surface area (Å²) in [6, 6.07) is 20.7. The molecule has 0 amide bonds. The van der Waals surface area contributed by atoms with Gasteiger partial charge in [0.2, 0.25) is 0 Å². The highest BCUT2D eigenvalue weighted by Crippen LogP contribution is 2.44. The summed E-state index contributed by atoms with van der Waals surface area (Å²) in [5.74, 6) is -0.654. The maximum atomic E-state index is 6.96. The summed E-state index contributed by atoms with van der Waals surface area (Å²) in [6.07, 6.45) is 0.279. The smallest absolute Gasteiger partial charge is 0.193 e. The van der Waals surface area contributed by atoms with Crippen LogP contribution in [0.2, 0.25) is 18.1 Å². The summed E-state index contributed by atoms with van der Waals surface area (Å²) in [5.41, 5.74) is 2.32. The van der Waals surface area contributed by atoms with Crippen LogP contribution in [0.5, 0.6) is 0 Å². The predicted octanol–water partition coefficient (Wildman–Crippen LogP) is 6.88. The van der Waals surface area contributed by atoms with Gasteiger partial charge in [0.1, 0.15) is 6.10 Å². The third-order valence-corrected chi connectivity index (χ3v) is 11.0. The lowest BCUT2D eigenvalue weighted by molar-refractivity contribution is -0.155. The molecule has 0 aromatic heterocycles. The molecule has 0 bridgehead atoms. The second kappa shape index (κ2) is 10.2. The first-order valence-corrected chi connectivity index (χ1v) is 14.6. The predicted molar refractivity (Wildman–Crippen MR) is 132 cm³/mol. The molecule has 4 nitrogen and oxygen atoms in total. The Labute approximate surface area is 195 Å². The van der Waals surface area contributed by atoms with Crippen LogP contribution in [0, 0.1) is 0 Å². The van der Waals surface area contributed by atoms with Crippen LogP contribution in [0.4, 0.5) is 0 Å². The van der Waals surface area contributed by atoms with Crippen molar-refractivity contribution in [2.24, 2.45) is 0 Å². The first kappa shape index (κ1) is 25.1. The fourth-order valence-corrected chi connectivity index (χ4v) is 5.03. The van der Waals surface area contributed by atoms with Gasteiger partial charge in [-0.2, -0.15) is 0 Å². The third-order valence-electron chi connectivity index (χ3n) is 6.53. The highest BCUT2D eigenvalue weighted by atomic mass is 28.4. The highest BCUT2D eigenvalue weighted by Gasteiger charge is 2.49. The fraction of sp³-hybridized carbons (Fsp3) is 0.556. The quantitative estimate of drug-likeness (QED) is 0.304. The van der Waals surface area contributed by atoms with E-state index in [0.717, 1.165) is 12.0 Å². The van der Waals surface area contributed by atoms with Gasteiger partial charge in [-0.1, -0.05) is 81.4 Å². The normalized spacial score (nSPS) is 22.1. The summed E-state index contributed by atoms with van der Waals surface area (Å²) in [5, 5.41) is 0.100. The Morgan fingerprint density at radius 1 is 0.938 bits per heavy atom. The lowest BCUT2D eigenvalue weighted by atomic mass is 9.99. The maximum absolute atomic E-state index is 6.96. The molecule has 1 saturated heterocycles. The van der Waals surface area contributed by atoms with Gasteiger partial charge in [0.25, 0.3) is 0 Å². The molecule has 2 aromatic carbocycles. The van der Waals surface area contributed by atoms with Crippen molar-refractivity contribution in [3.05, 3.63) is 71.8 Å². The SMILES string of the molecule is CC1(C)O[C@H]([C@H](O[Si](C)(C)C(C)(C)C)c2ccccc2)[C@H](CCOCc2ccccc2)O1. The van der Waals surface area contributed by atoms with Crippen LogP contribution in [0.15, 0.2) is 60.7 Å². The molecule has 1 fully saturated rings. The lowest BCUT2D eigenvalue weighted by Gasteiger charge is -2.41. The average Bonchev–Trinajstić information content (AvgIpc) is 3.04. The topological polar surface area (TPSA) is 36.9 Å². The highest BCUT2D eigenvalue weighted by molar-refractivity contribution is 6.74. The van der Waals surface area contributed by atoms with Crippen LogP contribution in [0.1, 0.15) is 58.3 Å². The molecule has 0 saturated carbocycles. The van der Waals surface area contributed by atoms with E-state index in [2.05, 4.69) is 70.3 Å². The molecule has 2 aromatic rings. The van der Waals surface area contributed by atoms with Crippen LogP contribution >= 0.6 is 0 Å². The Kier molecular flexibility index (Phi) is 8.00. The van der Waals surface area contributed by atoms with Gasteiger partial charge in [-0.25, -0.2) is 0 Å². The second-order valence-corrected chi connectivity index (χ2v) is 15.4. The van der Waals surface area contributed by atoms with E-state index < -0.39 is 14.1 Å². The van der Waals surface area contributed by atoms with E-state index in [1.54, 1.807) is 0 Å². The largest absolute Gasteiger partial charge is 0.407 e. The zero-order valence-electron chi connectivity index (χ0n) is 20.8. The van der Waals surface area contributed by atoms with E-state index in [1.165, 1.54) is 5.56 Å². The average molecular weight is 457 g/mol. The zero-order valence-corrected chi connectivity index (χ0v) is 21.8. The molecule has 0 radical (unpaired) electrons. The van der Waals surface area contributed by atoms with Gasteiger partial charge in [0, 0.05) is 6.61 Å². The van der Waals surface area contributed by atoms with E-state index in [1.807, 2.05) is 38.1 Å². The molecular formula is C27H40O4Si. The molecule has 1 aliphatic rings. The van der Waals surface area contributed by atoms with Gasteiger partial charge in [-0.3, -0.25) is 0 Å². The van der Waals surface area contributed by atoms with Crippen LogP contribution in [0.25, 0.3) is 0 Å². The van der Waals surface area contributed by atoms with Gasteiger partial charge in [0.05, 0.1) is 18.8 Å². The second-order valence-electron chi connectivity index (χ2n) is 10.7. The number of rotatable bonds is 9. The molecule has 5 heteroatoms. The molecule has 32 heavy (non-hydrogen) atoms. The van der Waals surface area contributed by atoms with Crippen molar-refractivity contribution in [1.82, 2.24) is 0 Å². The van der Waals surface area contributed by atoms with Crippen LogP contribution in [0.3, 0.4) is 0 Å². The van der Waals surface area contributed by atoms with Crippen molar-refractivity contribution >= 4 is 8.32 Å². The van der Waals surface area contributed by atoms with Crippen LogP contribution < -0.4 is 0 Å². The van der Waals surface area contributed by atoms with Gasteiger partial charge < -0.3 is 18.6 Å². The molecule has 1 aliphatic heterocycles. The Morgan fingerprint density at radius 2 is 1.53 bits per heavy atom. The summed E-state index contributed by atoms with van der Waals surface area (Å²) < 4.78 is 25.8. The Bertz CT molecular complexity index is 830. The Balaban J connectivity index is 1.76. The van der Waals surface area contributed by atoms with E-state index in [0.29, 0.717) is 13.2 Å². The van der Waals surface area contributed by atoms with Crippen LogP contribution in [-0.2, 0) is 25.2 Å². The van der Waals surface area contributed by atoms with Crippen molar-refractivity contribution in [3.8, 4) is 0 Å². The van der Waals surface area contributed by atoms with E-state index in [9.17, 15) is 0 Å². The molecule has 3 rings (SSSR count). The van der Waals surface area contributed by atoms with E-state index in [-0.39, 0.29) is 23.4 Å². The maximum Gasteiger partial charge on any atom is 0.193 e. The number of hydrogen-bond acceptors (Lipinski definition) is 4. The molecular weight excluding hydrogens is 416 g/mol. The minimum atomic E-state index is -2.04. The molecule has 0 aliphatic carbocycles. The van der Waals surface area contributed by atoms with Crippen molar-refractivity contribution in [1.29, 1.82) is 0 Å². The first-order valence-electron chi connectivity index (χ1n) is 11.7. The van der Waals surface area contributed by atoms with E-state index in [4.69, 9.17) is 18.6 Å². The minimum absolute atomic E-state index is 0.100. The monoisotopic (exact) mass is 456 g/mol. The van der Waals surface area contributed by atoms with Crippen molar-refractivity contribution in [3.63, 3.8) is 0 Å².